The number of amides is 2. The van der Waals surface area contributed by atoms with Crippen LogP contribution in [-0.4, -0.2) is 21.1 Å². The molecule has 6 nitrogen and oxygen atoms in total. The first kappa shape index (κ1) is 14.8. The predicted molar refractivity (Wildman–Crippen MR) is 89.8 cm³/mol. The van der Waals surface area contributed by atoms with E-state index in [4.69, 9.17) is 0 Å². The first-order valence-corrected chi connectivity index (χ1v) is 7.26. The van der Waals surface area contributed by atoms with Gasteiger partial charge in [-0.25, -0.2) is 10.2 Å². The van der Waals surface area contributed by atoms with Crippen molar-refractivity contribution in [2.24, 2.45) is 0 Å². The molecule has 0 bridgehead atoms. The number of nitrogens with one attached hydrogen (secondary N) is 2. The molecule has 2 N–H and O–H groups in total. The standard InChI is InChI=1S/C17H17N5O/c1-12-8-10-14(11-9-12)16-13(2)22(21-19-16)20-17(23)18-15-6-4-3-5-7-15/h3-11H,1-2H3,(H2,18,20,23). The molecule has 3 aromatic rings. The summed E-state index contributed by atoms with van der Waals surface area (Å²) in [6.45, 7) is 3.89. The number of rotatable bonds is 3. The zero-order valence-electron chi connectivity index (χ0n) is 12.9. The van der Waals surface area contributed by atoms with Gasteiger partial charge >= 0.3 is 6.03 Å². The lowest BCUT2D eigenvalue weighted by atomic mass is 10.1. The van der Waals surface area contributed by atoms with Gasteiger partial charge in [-0.1, -0.05) is 48.0 Å². The maximum absolute atomic E-state index is 12.0. The molecule has 0 radical (unpaired) electrons. The minimum Gasteiger partial charge on any atom is -0.307 e. The molecule has 0 aliphatic rings. The summed E-state index contributed by atoms with van der Waals surface area (Å²) in [7, 11) is 0. The van der Waals surface area contributed by atoms with Crippen molar-refractivity contribution in [3.63, 3.8) is 0 Å². The quantitative estimate of drug-likeness (QED) is 0.779. The minimum atomic E-state index is -0.375. The van der Waals surface area contributed by atoms with Crippen molar-refractivity contribution in [1.82, 2.24) is 15.1 Å². The van der Waals surface area contributed by atoms with Gasteiger partial charge in [0.15, 0.2) is 0 Å². The average Bonchev–Trinajstić information content (AvgIpc) is 2.90. The normalized spacial score (nSPS) is 10.3. The van der Waals surface area contributed by atoms with E-state index in [1.807, 2.05) is 68.4 Å². The number of para-hydroxylation sites is 1. The van der Waals surface area contributed by atoms with Gasteiger partial charge in [-0.15, -0.1) is 5.10 Å². The fourth-order valence-electron chi connectivity index (χ4n) is 2.19. The van der Waals surface area contributed by atoms with Crippen molar-refractivity contribution < 1.29 is 4.79 Å². The second-order valence-corrected chi connectivity index (χ2v) is 5.23. The molecule has 0 atom stereocenters. The Balaban J connectivity index is 1.74. The smallest absolute Gasteiger partial charge is 0.307 e. The predicted octanol–water partition coefficient (Wildman–Crippen LogP) is 3.34. The molecule has 0 aliphatic carbocycles. The van der Waals surface area contributed by atoms with Gasteiger partial charge in [0.1, 0.15) is 5.69 Å². The first-order chi connectivity index (χ1) is 11.1. The van der Waals surface area contributed by atoms with Crippen molar-refractivity contribution in [2.75, 3.05) is 10.7 Å². The molecule has 2 aromatic carbocycles. The number of benzene rings is 2. The van der Waals surface area contributed by atoms with Crippen molar-refractivity contribution in [3.05, 3.63) is 65.9 Å². The molecule has 0 saturated heterocycles. The van der Waals surface area contributed by atoms with E-state index < -0.39 is 0 Å². The van der Waals surface area contributed by atoms with Crippen molar-refractivity contribution in [1.29, 1.82) is 0 Å². The van der Waals surface area contributed by atoms with E-state index >= 15 is 0 Å². The molecule has 116 valence electrons. The second-order valence-electron chi connectivity index (χ2n) is 5.23. The monoisotopic (exact) mass is 307 g/mol. The van der Waals surface area contributed by atoms with Crippen molar-refractivity contribution >= 4 is 11.7 Å². The molecule has 6 heteroatoms. The molecule has 0 saturated carbocycles. The largest absolute Gasteiger partial charge is 0.339 e. The van der Waals surface area contributed by atoms with Crippen LogP contribution in [0, 0.1) is 13.8 Å². The summed E-state index contributed by atoms with van der Waals surface area (Å²) in [6, 6.07) is 16.8. The van der Waals surface area contributed by atoms with E-state index in [2.05, 4.69) is 21.1 Å². The molecule has 1 heterocycles. The molecule has 1 aromatic heterocycles. The number of carbonyl (C=O) groups is 1. The van der Waals surface area contributed by atoms with Crippen molar-refractivity contribution in [3.8, 4) is 11.3 Å². The van der Waals surface area contributed by atoms with Crippen LogP contribution >= 0.6 is 0 Å². The number of hydrogen-bond donors (Lipinski definition) is 2. The second kappa shape index (κ2) is 6.31. The summed E-state index contributed by atoms with van der Waals surface area (Å²) in [5, 5.41) is 10.9. The average molecular weight is 307 g/mol. The Morgan fingerprint density at radius 1 is 1.00 bits per heavy atom. The zero-order valence-corrected chi connectivity index (χ0v) is 12.9. The first-order valence-electron chi connectivity index (χ1n) is 7.26. The van der Waals surface area contributed by atoms with Gasteiger partial charge in [-0.3, -0.25) is 0 Å². The molecule has 0 spiro atoms. The highest BCUT2D eigenvalue weighted by atomic mass is 16.2. The van der Waals surface area contributed by atoms with Crippen LogP contribution in [0.2, 0.25) is 0 Å². The van der Waals surface area contributed by atoms with Gasteiger partial charge in [0.2, 0.25) is 0 Å². The van der Waals surface area contributed by atoms with Crippen LogP contribution < -0.4 is 10.7 Å². The highest BCUT2D eigenvalue weighted by molar-refractivity contribution is 5.94. The number of nitrogens with zero attached hydrogens (tertiary/aromatic N) is 3. The molecule has 23 heavy (non-hydrogen) atoms. The summed E-state index contributed by atoms with van der Waals surface area (Å²) >= 11 is 0. The summed E-state index contributed by atoms with van der Waals surface area (Å²) in [6.07, 6.45) is 0. The number of urea groups is 1. The number of carbonyl (C=O) groups excluding carboxylic acids is 1. The maximum Gasteiger partial charge on any atom is 0.339 e. The number of aromatic nitrogens is 3. The Morgan fingerprint density at radius 3 is 2.39 bits per heavy atom. The van der Waals surface area contributed by atoms with E-state index in [1.165, 1.54) is 10.4 Å². The van der Waals surface area contributed by atoms with Crippen LogP contribution in [0.4, 0.5) is 10.5 Å². The number of hydrogen-bond acceptors (Lipinski definition) is 3. The summed E-state index contributed by atoms with van der Waals surface area (Å²) in [4.78, 5) is 13.4. The zero-order chi connectivity index (χ0) is 16.2. The van der Waals surface area contributed by atoms with Gasteiger partial charge in [0.05, 0.1) is 5.69 Å². The van der Waals surface area contributed by atoms with Gasteiger partial charge in [0, 0.05) is 11.3 Å². The van der Waals surface area contributed by atoms with E-state index in [0.29, 0.717) is 5.69 Å². The molecule has 0 fully saturated rings. The lowest BCUT2D eigenvalue weighted by Crippen LogP contribution is -2.29. The fourth-order valence-corrected chi connectivity index (χ4v) is 2.19. The molecular formula is C17H17N5O. The SMILES string of the molecule is Cc1ccc(-c2nnn(NC(=O)Nc3ccccc3)c2C)cc1. The fraction of sp³-hybridized carbons (Fsp3) is 0.118. The van der Waals surface area contributed by atoms with Crippen LogP contribution in [0.15, 0.2) is 54.6 Å². The van der Waals surface area contributed by atoms with Crippen LogP contribution in [0.25, 0.3) is 11.3 Å². The maximum atomic E-state index is 12.0. The summed E-state index contributed by atoms with van der Waals surface area (Å²) in [5.41, 5.74) is 7.01. The topological polar surface area (TPSA) is 71.8 Å². The van der Waals surface area contributed by atoms with Gasteiger partial charge in [-0.2, -0.15) is 4.79 Å². The third-order valence-corrected chi connectivity index (χ3v) is 3.46. The Morgan fingerprint density at radius 2 is 1.70 bits per heavy atom. The Bertz CT molecular complexity index is 809. The van der Waals surface area contributed by atoms with Gasteiger partial charge < -0.3 is 5.32 Å². The van der Waals surface area contributed by atoms with Crippen LogP contribution in [0.3, 0.4) is 0 Å². The van der Waals surface area contributed by atoms with Crippen molar-refractivity contribution in [2.45, 2.75) is 13.8 Å². The molecule has 2 amide bonds. The molecular weight excluding hydrogens is 290 g/mol. The number of aryl methyl sites for hydroxylation is 1. The Kier molecular flexibility index (Phi) is 4.05. The third-order valence-electron chi connectivity index (χ3n) is 3.46. The summed E-state index contributed by atoms with van der Waals surface area (Å²) in [5.74, 6) is 0. The Labute approximate surface area is 134 Å². The van der Waals surface area contributed by atoms with Crippen LogP contribution in [-0.2, 0) is 0 Å². The highest BCUT2D eigenvalue weighted by Gasteiger charge is 2.12. The van der Waals surface area contributed by atoms with Gasteiger partial charge in [-0.05, 0) is 31.2 Å². The van der Waals surface area contributed by atoms with E-state index in [9.17, 15) is 4.79 Å². The van der Waals surface area contributed by atoms with Crippen LogP contribution in [0.5, 0.6) is 0 Å². The molecule has 0 unspecified atom stereocenters. The lowest BCUT2D eigenvalue weighted by Gasteiger charge is -2.08. The Hall–Kier alpha value is -3.15. The summed E-state index contributed by atoms with van der Waals surface area (Å²) < 4.78 is 0. The number of anilines is 1. The lowest BCUT2D eigenvalue weighted by molar-refractivity contribution is 0.259. The molecule has 3 rings (SSSR count). The van der Waals surface area contributed by atoms with E-state index in [0.717, 1.165) is 17.0 Å². The van der Waals surface area contributed by atoms with Gasteiger partial charge in [0.25, 0.3) is 0 Å². The minimum absolute atomic E-state index is 0.375. The highest BCUT2D eigenvalue weighted by Crippen LogP contribution is 2.20. The molecule has 0 aliphatic heterocycles. The van der Waals surface area contributed by atoms with E-state index in [1.54, 1.807) is 0 Å². The van der Waals surface area contributed by atoms with E-state index in [-0.39, 0.29) is 6.03 Å². The third kappa shape index (κ3) is 3.37. The van der Waals surface area contributed by atoms with Crippen LogP contribution in [0.1, 0.15) is 11.3 Å².